The lowest BCUT2D eigenvalue weighted by Crippen LogP contribution is -2.63. The molecular formula is C14H20N4O2. The zero-order valence-electron chi connectivity index (χ0n) is 12.0. The topological polar surface area (TPSA) is 78.7 Å². The number of hydrogen-bond acceptors (Lipinski definition) is 4. The molecule has 1 aromatic rings. The number of rotatable bonds is 2. The molecule has 1 aliphatic rings. The van der Waals surface area contributed by atoms with Gasteiger partial charge in [-0.2, -0.15) is 0 Å². The maximum atomic E-state index is 12.6. The molecule has 20 heavy (non-hydrogen) atoms. The molecule has 3 N–H and O–H groups in total. The largest absolute Gasteiger partial charge is 0.342 e. The van der Waals surface area contributed by atoms with E-state index in [1.165, 1.54) is 0 Å². The van der Waals surface area contributed by atoms with Crippen LogP contribution in [0, 0.1) is 0 Å². The van der Waals surface area contributed by atoms with E-state index in [1.807, 2.05) is 0 Å². The lowest BCUT2D eigenvalue weighted by molar-refractivity contribution is -0.144. The lowest BCUT2D eigenvalue weighted by atomic mass is 9.96. The first-order chi connectivity index (χ1) is 9.37. The van der Waals surface area contributed by atoms with Crippen molar-refractivity contribution in [2.45, 2.75) is 19.4 Å². The van der Waals surface area contributed by atoms with Crippen molar-refractivity contribution >= 4 is 17.5 Å². The second-order valence-corrected chi connectivity index (χ2v) is 5.46. The fourth-order valence-corrected chi connectivity index (χ4v) is 2.43. The normalized spacial score (nSPS) is 18.1. The van der Waals surface area contributed by atoms with E-state index in [0.717, 1.165) is 5.69 Å². The Labute approximate surface area is 118 Å². The number of hydrazine groups is 1. The monoisotopic (exact) mass is 276 g/mol. The van der Waals surface area contributed by atoms with Crippen molar-refractivity contribution in [3.05, 3.63) is 29.8 Å². The molecule has 0 atom stereocenters. The number of carbonyl (C=O) groups is 2. The summed E-state index contributed by atoms with van der Waals surface area (Å²) in [5.41, 5.74) is 2.97. The van der Waals surface area contributed by atoms with E-state index in [0.29, 0.717) is 18.7 Å². The number of nitrogens with two attached hydrogens (primary N) is 1. The molecule has 1 aliphatic heterocycles. The third-order valence-corrected chi connectivity index (χ3v) is 3.75. The number of nitrogen functional groups attached to an aromatic ring is 1. The van der Waals surface area contributed by atoms with Crippen LogP contribution in [0.5, 0.6) is 0 Å². The van der Waals surface area contributed by atoms with Crippen molar-refractivity contribution < 1.29 is 9.59 Å². The molecule has 0 radical (unpaired) electrons. The summed E-state index contributed by atoms with van der Waals surface area (Å²) >= 11 is 0. The first-order valence-electron chi connectivity index (χ1n) is 6.52. The summed E-state index contributed by atoms with van der Waals surface area (Å²) in [7, 11) is 1.76. The predicted molar refractivity (Wildman–Crippen MR) is 77.0 cm³/mol. The number of anilines is 1. The summed E-state index contributed by atoms with van der Waals surface area (Å²) in [6.07, 6.45) is 0. The molecule has 0 bridgehead atoms. The Hall–Kier alpha value is -2.08. The van der Waals surface area contributed by atoms with Gasteiger partial charge in [-0.25, -0.2) is 0 Å². The Kier molecular flexibility index (Phi) is 3.67. The number of carbonyl (C=O) groups excluding carboxylic acids is 2. The van der Waals surface area contributed by atoms with Gasteiger partial charge in [0, 0.05) is 31.4 Å². The lowest BCUT2D eigenvalue weighted by Gasteiger charge is -2.44. The minimum Gasteiger partial charge on any atom is -0.342 e. The molecule has 2 rings (SSSR count). The van der Waals surface area contributed by atoms with Crippen LogP contribution in [0.2, 0.25) is 0 Å². The second-order valence-electron chi connectivity index (χ2n) is 5.46. The Bertz CT molecular complexity index is 524. The predicted octanol–water partition coefficient (Wildman–Crippen LogP) is 0.665. The van der Waals surface area contributed by atoms with Crippen molar-refractivity contribution in [2.24, 2.45) is 5.84 Å². The van der Waals surface area contributed by atoms with Gasteiger partial charge in [-0.05, 0) is 38.1 Å². The number of nitrogens with one attached hydrogen (secondary N) is 1. The van der Waals surface area contributed by atoms with Crippen molar-refractivity contribution in [2.75, 3.05) is 25.6 Å². The van der Waals surface area contributed by atoms with Gasteiger partial charge in [-0.1, -0.05) is 0 Å². The summed E-state index contributed by atoms with van der Waals surface area (Å²) in [5, 5.41) is 0. The van der Waals surface area contributed by atoms with E-state index in [1.54, 1.807) is 55.0 Å². The molecule has 0 unspecified atom stereocenters. The molecule has 108 valence electrons. The van der Waals surface area contributed by atoms with Crippen LogP contribution in [0.1, 0.15) is 24.2 Å². The third kappa shape index (κ3) is 2.34. The van der Waals surface area contributed by atoms with Crippen molar-refractivity contribution in [3.63, 3.8) is 0 Å². The van der Waals surface area contributed by atoms with E-state index in [9.17, 15) is 9.59 Å². The average Bonchev–Trinajstić information content (AvgIpc) is 2.44. The first kappa shape index (κ1) is 14.3. The van der Waals surface area contributed by atoms with Gasteiger partial charge in [0.05, 0.1) is 0 Å². The van der Waals surface area contributed by atoms with Crippen LogP contribution in [-0.4, -0.2) is 47.3 Å². The van der Waals surface area contributed by atoms with E-state index >= 15 is 0 Å². The molecule has 0 aliphatic carbocycles. The van der Waals surface area contributed by atoms with Gasteiger partial charge >= 0.3 is 0 Å². The van der Waals surface area contributed by atoms with Gasteiger partial charge in [-0.3, -0.25) is 15.4 Å². The minimum atomic E-state index is -0.825. The smallest absolute Gasteiger partial charge is 0.254 e. The van der Waals surface area contributed by atoms with Gasteiger partial charge in [0.15, 0.2) is 0 Å². The molecule has 2 amide bonds. The van der Waals surface area contributed by atoms with Crippen LogP contribution in [0.4, 0.5) is 5.69 Å². The van der Waals surface area contributed by atoms with Crippen LogP contribution in [0.3, 0.4) is 0 Å². The molecule has 6 nitrogen and oxygen atoms in total. The standard InChI is InChI=1S/C14H20N4O2/c1-14(2)13(20)17(3)8-9-18(14)12(19)10-4-6-11(16-15)7-5-10/h4-7,16H,8-9,15H2,1-3H3. The Morgan fingerprint density at radius 2 is 1.85 bits per heavy atom. The van der Waals surface area contributed by atoms with E-state index in [2.05, 4.69) is 5.43 Å². The highest BCUT2D eigenvalue weighted by molar-refractivity contribution is 5.99. The Balaban J connectivity index is 2.25. The Morgan fingerprint density at radius 3 is 2.40 bits per heavy atom. The van der Waals surface area contributed by atoms with Crippen molar-refractivity contribution in [3.8, 4) is 0 Å². The van der Waals surface area contributed by atoms with Crippen LogP contribution in [0.15, 0.2) is 24.3 Å². The number of piperazine rings is 1. The fourth-order valence-electron chi connectivity index (χ4n) is 2.43. The number of benzene rings is 1. The Morgan fingerprint density at radius 1 is 1.25 bits per heavy atom. The summed E-state index contributed by atoms with van der Waals surface area (Å²) in [6, 6.07) is 6.88. The van der Waals surface area contributed by atoms with Crippen molar-refractivity contribution in [1.82, 2.24) is 9.80 Å². The molecule has 1 aromatic carbocycles. The summed E-state index contributed by atoms with van der Waals surface area (Å²) in [5.74, 6) is 5.12. The van der Waals surface area contributed by atoms with Crippen molar-refractivity contribution in [1.29, 1.82) is 0 Å². The first-order valence-corrected chi connectivity index (χ1v) is 6.52. The molecule has 6 heteroatoms. The second kappa shape index (κ2) is 5.13. The van der Waals surface area contributed by atoms with Gasteiger partial charge in [-0.15, -0.1) is 0 Å². The SMILES string of the molecule is CN1CCN(C(=O)c2ccc(NN)cc2)C(C)(C)C1=O. The quantitative estimate of drug-likeness (QED) is 0.614. The van der Waals surface area contributed by atoms with E-state index in [-0.39, 0.29) is 11.8 Å². The van der Waals surface area contributed by atoms with Crippen LogP contribution >= 0.6 is 0 Å². The van der Waals surface area contributed by atoms with Gasteiger partial charge in [0.2, 0.25) is 5.91 Å². The van der Waals surface area contributed by atoms with Gasteiger partial charge in [0.25, 0.3) is 5.91 Å². The summed E-state index contributed by atoms with van der Waals surface area (Å²) in [6.45, 7) is 4.64. The zero-order valence-corrected chi connectivity index (χ0v) is 12.0. The van der Waals surface area contributed by atoms with Gasteiger partial charge in [0.1, 0.15) is 5.54 Å². The fraction of sp³-hybridized carbons (Fsp3) is 0.429. The average molecular weight is 276 g/mol. The minimum absolute atomic E-state index is 0.0441. The van der Waals surface area contributed by atoms with Crippen LogP contribution < -0.4 is 11.3 Å². The third-order valence-electron chi connectivity index (χ3n) is 3.75. The number of hydrogen-bond donors (Lipinski definition) is 2. The van der Waals surface area contributed by atoms with Gasteiger partial charge < -0.3 is 15.2 Å². The highest BCUT2D eigenvalue weighted by Gasteiger charge is 2.43. The van der Waals surface area contributed by atoms with E-state index in [4.69, 9.17) is 5.84 Å². The molecule has 0 spiro atoms. The molecule has 1 saturated heterocycles. The van der Waals surface area contributed by atoms with Crippen LogP contribution in [-0.2, 0) is 4.79 Å². The summed E-state index contributed by atoms with van der Waals surface area (Å²) < 4.78 is 0. The van der Waals surface area contributed by atoms with Crippen LogP contribution in [0.25, 0.3) is 0 Å². The molecule has 0 saturated carbocycles. The molecule has 0 aromatic heterocycles. The number of amides is 2. The number of likely N-dealkylation sites (N-methyl/N-ethyl adjacent to an activating group) is 1. The zero-order chi connectivity index (χ0) is 14.9. The maximum Gasteiger partial charge on any atom is 0.254 e. The van der Waals surface area contributed by atoms with E-state index < -0.39 is 5.54 Å². The molecule has 1 fully saturated rings. The highest BCUT2D eigenvalue weighted by Crippen LogP contribution is 2.24. The molecular weight excluding hydrogens is 256 g/mol. The highest BCUT2D eigenvalue weighted by atomic mass is 16.2. The maximum absolute atomic E-state index is 12.6. The summed E-state index contributed by atoms with van der Waals surface area (Å²) in [4.78, 5) is 28.1. The molecule has 1 heterocycles. The number of nitrogens with zero attached hydrogens (tertiary/aromatic N) is 2.